The molecular formula is C15H14N6O3. The van der Waals surface area contributed by atoms with Crippen LogP contribution in [-0.2, 0) is 13.0 Å². The lowest BCUT2D eigenvalue weighted by atomic mass is 9.99. The molecule has 3 aromatic rings. The van der Waals surface area contributed by atoms with E-state index in [0.29, 0.717) is 35.9 Å². The van der Waals surface area contributed by atoms with Crippen molar-refractivity contribution in [1.82, 2.24) is 30.2 Å². The molecule has 1 aliphatic heterocycles. The summed E-state index contributed by atoms with van der Waals surface area (Å²) in [6.45, 7) is 0.523. The summed E-state index contributed by atoms with van der Waals surface area (Å²) in [5, 5.41) is 13.5. The van der Waals surface area contributed by atoms with Gasteiger partial charge in [0, 0.05) is 18.3 Å². The lowest BCUT2D eigenvalue weighted by Crippen LogP contribution is -2.28. The Morgan fingerprint density at radius 3 is 2.67 bits per heavy atom. The number of tetrazole rings is 1. The average Bonchev–Trinajstić information content (AvgIpc) is 3.14. The molecule has 0 saturated heterocycles. The molecule has 0 unspecified atom stereocenters. The van der Waals surface area contributed by atoms with E-state index in [9.17, 15) is 4.79 Å². The molecule has 0 aliphatic carbocycles. The third-order valence-corrected chi connectivity index (χ3v) is 4.09. The number of nitrogens with zero attached hydrogens (tertiary/aromatic N) is 5. The second kappa shape index (κ2) is 5.44. The van der Waals surface area contributed by atoms with E-state index in [0.717, 1.165) is 11.1 Å². The zero-order valence-corrected chi connectivity index (χ0v) is 13.1. The van der Waals surface area contributed by atoms with Crippen LogP contribution in [0.5, 0.6) is 11.5 Å². The minimum Gasteiger partial charge on any atom is -0.493 e. The van der Waals surface area contributed by atoms with Crippen LogP contribution >= 0.6 is 0 Å². The van der Waals surface area contributed by atoms with Gasteiger partial charge in [-0.15, -0.1) is 10.2 Å². The molecule has 0 fully saturated rings. The lowest BCUT2D eigenvalue weighted by Gasteiger charge is -2.22. The zero-order valence-electron chi connectivity index (χ0n) is 13.1. The second-order valence-electron chi connectivity index (χ2n) is 5.30. The van der Waals surface area contributed by atoms with Crippen molar-refractivity contribution in [3.63, 3.8) is 0 Å². The first-order valence-electron chi connectivity index (χ1n) is 7.32. The van der Waals surface area contributed by atoms with Gasteiger partial charge in [0.1, 0.15) is 11.4 Å². The normalized spacial score (nSPS) is 12.4. The zero-order chi connectivity index (χ0) is 16.7. The number of benzene rings is 1. The molecule has 0 spiro atoms. The molecule has 0 saturated carbocycles. The number of ether oxygens (including phenoxy) is 2. The summed E-state index contributed by atoms with van der Waals surface area (Å²) in [5.74, 6) is 2.09. The number of nitrogens with one attached hydrogen (secondary N) is 1. The van der Waals surface area contributed by atoms with Crippen LogP contribution in [0, 0.1) is 0 Å². The molecule has 0 amide bonds. The fourth-order valence-corrected chi connectivity index (χ4v) is 2.91. The van der Waals surface area contributed by atoms with E-state index in [1.807, 2.05) is 12.1 Å². The largest absolute Gasteiger partial charge is 0.493 e. The molecular weight excluding hydrogens is 312 g/mol. The molecule has 24 heavy (non-hydrogen) atoms. The van der Waals surface area contributed by atoms with E-state index >= 15 is 0 Å². The van der Waals surface area contributed by atoms with Crippen LogP contribution in [0.1, 0.15) is 5.56 Å². The Balaban J connectivity index is 1.91. The molecule has 4 rings (SSSR count). The minimum atomic E-state index is -0.193. The van der Waals surface area contributed by atoms with Crippen molar-refractivity contribution < 1.29 is 9.47 Å². The van der Waals surface area contributed by atoms with Crippen LogP contribution in [0.3, 0.4) is 0 Å². The molecule has 9 heteroatoms. The summed E-state index contributed by atoms with van der Waals surface area (Å²) in [6.07, 6.45) is 2.17. The highest BCUT2D eigenvalue weighted by molar-refractivity contribution is 5.68. The Hall–Kier alpha value is -3.23. The summed E-state index contributed by atoms with van der Waals surface area (Å²) in [4.78, 5) is 17.2. The number of rotatable bonds is 3. The molecule has 0 radical (unpaired) electrons. The van der Waals surface area contributed by atoms with Gasteiger partial charge in [-0.05, 0) is 29.3 Å². The maximum Gasteiger partial charge on any atom is 0.265 e. The topological polar surface area (TPSA) is 108 Å². The van der Waals surface area contributed by atoms with E-state index in [1.54, 1.807) is 18.8 Å². The number of hydrogen-bond donors (Lipinski definition) is 1. The van der Waals surface area contributed by atoms with E-state index in [2.05, 4.69) is 25.6 Å². The molecule has 0 bridgehead atoms. The number of hydrogen-bond acceptors (Lipinski definition) is 7. The van der Waals surface area contributed by atoms with E-state index < -0.39 is 0 Å². The smallest absolute Gasteiger partial charge is 0.265 e. The van der Waals surface area contributed by atoms with Gasteiger partial charge < -0.3 is 9.47 Å². The monoisotopic (exact) mass is 326 g/mol. The van der Waals surface area contributed by atoms with Crippen molar-refractivity contribution in [1.29, 1.82) is 0 Å². The van der Waals surface area contributed by atoms with Crippen molar-refractivity contribution >= 4 is 0 Å². The van der Waals surface area contributed by atoms with Crippen LogP contribution < -0.4 is 15.0 Å². The van der Waals surface area contributed by atoms with E-state index in [-0.39, 0.29) is 11.4 Å². The molecule has 1 aliphatic rings. The fourth-order valence-electron chi connectivity index (χ4n) is 2.91. The molecule has 3 heterocycles. The van der Waals surface area contributed by atoms with Gasteiger partial charge in [0.25, 0.3) is 5.56 Å². The molecule has 122 valence electrons. The maximum absolute atomic E-state index is 12.7. The highest BCUT2D eigenvalue weighted by Crippen LogP contribution is 2.37. The van der Waals surface area contributed by atoms with Gasteiger partial charge in [-0.2, -0.15) is 5.21 Å². The maximum atomic E-state index is 12.7. The number of H-pyrrole nitrogens is 1. The van der Waals surface area contributed by atoms with Gasteiger partial charge in [0.15, 0.2) is 11.5 Å². The lowest BCUT2D eigenvalue weighted by molar-refractivity contribution is 0.354. The van der Waals surface area contributed by atoms with Crippen molar-refractivity contribution in [3.8, 4) is 34.3 Å². The van der Waals surface area contributed by atoms with Crippen LogP contribution in [0.4, 0.5) is 0 Å². The van der Waals surface area contributed by atoms with Gasteiger partial charge in [0.05, 0.1) is 14.2 Å². The van der Waals surface area contributed by atoms with Crippen molar-refractivity contribution in [3.05, 3.63) is 34.2 Å². The van der Waals surface area contributed by atoms with Crippen molar-refractivity contribution in [2.24, 2.45) is 0 Å². The summed E-state index contributed by atoms with van der Waals surface area (Å²) >= 11 is 0. The predicted octanol–water partition coefficient (Wildman–Crippen LogP) is 0.664. The third-order valence-electron chi connectivity index (χ3n) is 4.09. The number of aryl methyl sites for hydroxylation is 1. The van der Waals surface area contributed by atoms with Crippen LogP contribution in [0.25, 0.3) is 22.8 Å². The number of methoxy groups -OCH3 is 2. The van der Waals surface area contributed by atoms with E-state index in [1.165, 1.54) is 6.20 Å². The standard InChI is InChI=1S/C15H14N6O3/c1-23-11-5-8-3-4-21-14(9(8)6-12(11)24-2)16-7-10(15(21)22)13-17-19-20-18-13/h5-7H,3-4H2,1-2H3,(H,17,18,19,20). The number of aromatic nitrogens is 6. The highest BCUT2D eigenvalue weighted by Gasteiger charge is 2.23. The first kappa shape index (κ1) is 14.4. The molecule has 0 atom stereocenters. The van der Waals surface area contributed by atoms with Crippen LogP contribution in [-0.4, -0.2) is 44.4 Å². The Morgan fingerprint density at radius 1 is 1.17 bits per heavy atom. The SMILES string of the molecule is COc1cc2c(cc1OC)-c1ncc(-c3nn[nH]n3)c(=O)n1CC2. The van der Waals surface area contributed by atoms with Gasteiger partial charge >= 0.3 is 0 Å². The molecule has 1 aromatic carbocycles. The summed E-state index contributed by atoms with van der Waals surface area (Å²) in [6, 6.07) is 3.77. The summed E-state index contributed by atoms with van der Waals surface area (Å²) in [5.41, 5.74) is 2.04. The Labute approximate surface area is 136 Å². The second-order valence-corrected chi connectivity index (χ2v) is 5.30. The highest BCUT2D eigenvalue weighted by atomic mass is 16.5. The molecule has 1 N–H and O–H groups in total. The average molecular weight is 326 g/mol. The van der Waals surface area contributed by atoms with Gasteiger partial charge in [-0.1, -0.05) is 0 Å². The Bertz CT molecular complexity index is 964. The predicted molar refractivity (Wildman–Crippen MR) is 83.9 cm³/mol. The summed E-state index contributed by atoms with van der Waals surface area (Å²) in [7, 11) is 3.17. The van der Waals surface area contributed by atoms with Crippen LogP contribution in [0.2, 0.25) is 0 Å². The minimum absolute atomic E-state index is 0.193. The quantitative estimate of drug-likeness (QED) is 0.753. The Morgan fingerprint density at radius 2 is 1.96 bits per heavy atom. The summed E-state index contributed by atoms with van der Waals surface area (Å²) < 4.78 is 12.3. The van der Waals surface area contributed by atoms with Crippen molar-refractivity contribution in [2.45, 2.75) is 13.0 Å². The first-order valence-corrected chi connectivity index (χ1v) is 7.32. The van der Waals surface area contributed by atoms with Gasteiger partial charge in [0.2, 0.25) is 5.82 Å². The van der Waals surface area contributed by atoms with Crippen LogP contribution in [0.15, 0.2) is 23.1 Å². The molecule has 9 nitrogen and oxygen atoms in total. The number of aromatic amines is 1. The third kappa shape index (κ3) is 2.05. The van der Waals surface area contributed by atoms with Gasteiger partial charge in [-0.3, -0.25) is 9.36 Å². The number of fused-ring (bicyclic) bond motifs is 3. The first-order chi connectivity index (χ1) is 11.7. The van der Waals surface area contributed by atoms with Crippen molar-refractivity contribution in [2.75, 3.05) is 14.2 Å². The van der Waals surface area contributed by atoms with Gasteiger partial charge in [-0.25, -0.2) is 4.98 Å². The Kier molecular flexibility index (Phi) is 3.26. The fraction of sp³-hybridized carbons (Fsp3) is 0.267. The van der Waals surface area contributed by atoms with E-state index in [4.69, 9.17) is 9.47 Å². The molecule has 2 aromatic heterocycles.